The number of amides is 1. The summed E-state index contributed by atoms with van der Waals surface area (Å²) in [5.74, 6) is 1.72. The lowest BCUT2D eigenvalue weighted by Crippen LogP contribution is -2.34. The van der Waals surface area contributed by atoms with Crippen LogP contribution in [0.4, 0.5) is 0 Å². The first kappa shape index (κ1) is 12.9. The van der Waals surface area contributed by atoms with Crippen LogP contribution in [-0.4, -0.2) is 29.9 Å². The topological polar surface area (TPSA) is 46.3 Å². The highest BCUT2D eigenvalue weighted by molar-refractivity contribution is 5.76. The third-order valence-corrected chi connectivity index (χ3v) is 4.58. The number of nitrogens with two attached hydrogens (primary N) is 1. The van der Waals surface area contributed by atoms with Crippen molar-refractivity contribution in [3.63, 3.8) is 0 Å². The molecule has 0 aromatic heterocycles. The molecule has 0 bridgehead atoms. The van der Waals surface area contributed by atoms with Gasteiger partial charge in [0.2, 0.25) is 5.91 Å². The Balaban J connectivity index is 1.79. The van der Waals surface area contributed by atoms with Crippen molar-refractivity contribution >= 4 is 5.91 Å². The molecule has 2 rings (SSSR count). The monoisotopic (exact) mass is 238 g/mol. The predicted octanol–water partition coefficient (Wildman–Crippen LogP) is 2.15. The number of rotatable bonds is 3. The van der Waals surface area contributed by atoms with E-state index in [9.17, 15) is 4.79 Å². The highest BCUT2D eigenvalue weighted by atomic mass is 16.2. The fourth-order valence-electron chi connectivity index (χ4n) is 3.16. The second kappa shape index (κ2) is 5.85. The van der Waals surface area contributed by atoms with Gasteiger partial charge in [-0.05, 0) is 43.9 Å². The summed E-state index contributed by atoms with van der Waals surface area (Å²) in [6, 6.07) is 0.385. The van der Waals surface area contributed by atoms with Gasteiger partial charge in [0.05, 0.1) is 0 Å². The molecule has 1 saturated heterocycles. The Kier molecular flexibility index (Phi) is 4.43. The summed E-state index contributed by atoms with van der Waals surface area (Å²) in [6.07, 6.45) is 7.81. The molecule has 0 spiro atoms. The van der Waals surface area contributed by atoms with E-state index in [4.69, 9.17) is 5.73 Å². The van der Waals surface area contributed by atoms with E-state index in [1.165, 1.54) is 25.7 Å². The van der Waals surface area contributed by atoms with E-state index in [-0.39, 0.29) is 0 Å². The Morgan fingerprint density at radius 2 is 2.12 bits per heavy atom. The van der Waals surface area contributed by atoms with Gasteiger partial charge in [0.25, 0.3) is 0 Å². The van der Waals surface area contributed by atoms with Crippen LogP contribution in [0.25, 0.3) is 0 Å². The first-order valence-electron chi connectivity index (χ1n) is 7.20. The lowest BCUT2D eigenvalue weighted by atomic mass is 10.00. The molecule has 1 saturated carbocycles. The number of nitrogens with zero attached hydrogens (tertiary/aromatic N) is 1. The molecule has 1 amide bonds. The molecule has 17 heavy (non-hydrogen) atoms. The second-order valence-electron chi connectivity index (χ2n) is 5.96. The van der Waals surface area contributed by atoms with Gasteiger partial charge >= 0.3 is 0 Å². The van der Waals surface area contributed by atoms with Crippen molar-refractivity contribution in [1.29, 1.82) is 0 Å². The van der Waals surface area contributed by atoms with Crippen LogP contribution in [0.15, 0.2) is 0 Å². The molecule has 0 aromatic rings. The third kappa shape index (κ3) is 3.44. The van der Waals surface area contributed by atoms with Crippen LogP contribution in [0.2, 0.25) is 0 Å². The lowest BCUT2D eigenvalue weighted by Gasteiger charge is -2.24. The Bertz CT molecular complexity index is 267. The summed E-state index contributed by atoms with van der Waals surface area (Å²) in [7, 11) is 0. The van der Waals surface area contributed by atoms with Gasteiger partial charge in [0.1, 0.15) is 0 Å². The van der Waals surface area contributed by atoms with Crippen LogP contribution in [0.1, 0.15) is 51.9 Å². The molecule has 3 atom stereocenters. The lowest BCUT2D eigenvalue weighted by molar-refractivity contribution is -0.130. The number of carbonyl (C=O) groups is 1. The maximum absolute atomic E-state index is 11.9. The van der Waals surface area contributed by atoms with Crippen LogP contribution in [0, 0.1) is 11.8 Å². The largest absolute Gasteiger partial charge is 0.343 e. The van der Waals surface area contributed by atoms with Gasteiger partial charge < -0.3 is 10.6 Å². The van der Waals surface area contributed by atoms with Crippen LogP contribution >= 0.6 is 0 Å². The van der Waals surface area contributed by atoms with Gasteiger partial charge in [-0.2, -0.15) is 0 Å². The molecule has 0 aromatic carbocycles. The number of hydrogen-bond donors (Lipinski definition) is 1. The minimum absolute atomic E-state index is 0.362. The third-order valence-electron chi connectivity index (χ3n) is 4.58. The molecule has 2 N–H and O–H groups in total. The van der Waals surface area contributed by atoms with E-state index >= 15 is 0 Å². The number of hydrogen-bond acceptors (Lipinski definition) is 2. The van der Waals surface area contributed by atoms with Gasteiger partial charge in [0.15, 0.2) is 0 Å². The highest BCUT2D eigenvalue weighted by Gasteiger charge is 2.26. The normalized spacial score (nSPS) is 35.1. The fraction of sp³-hybridized carbons (Fsp3) is 0.929. The number of carbonyl (C=O) groups excluding carboxylic acids is 1. The summed E-state index contributed by atoms with van der Waals surface area (Å²) in [4.78, 5) is 14.0. The van der Waals surface area contributed by atoms with Gasteiger partial charge in [-0.25, -0.2) is 0 Å². The van der Waals surface area contributed by atoms with E-state index in [1.807, 2.05) is 0 Å². The smallest absolute Gasteiger partial charge is 0.222 e. The molecule has 2 fully saturated rings. The Hall–Kier alpha value is -0.570. The zero-order valence-corrected chi connectivity index (χ0v) is 11.0. The summed E-state index contributed by atoms with van der Waals surface area (Å²) >= 11 is 0. The zero-order valence-electron chi connectivity index (χ0n) is 11.0. The summed E-state index contributed by atoms with van der Waals surface area (Å²) in [6.45, 7) is 4.15. The van der Waals surface area contributed by atoms with Crippen molar-refractivity contribution in [2.45, 2.75) is 57.9 Å². The van der Waals surface area contributed by atoms with Gasteiger partial charge in [0, 0.05) is 25.6 Å². The fourth-order valence-corrected chi connectivity index (χ4v) is 3.16. The van der Waals surface area contributed by atoms with E-state index in [2.05, 4.69) is 11.8 Å². The molecule has 2 aliphatic rings. The molecular formula is C14H26N2O. The van der Waals surface area contributed by atoms with Gasteiger partial charge in [-0.15, -0.1) is 0 Å². The van der Waals surface area contributed by atoms with Crippen LogP contribution in [-0.2, 0) is 4.79 Å². The van der Waals surface area contributed by atoms with Crippen molar-refractivity contribution in [3.05, 3.63) is 0 Å². The Morgan fingerprint density at radius 1 is 1.29 bits per heavy atom. The minimum atomic E-state index is 0.362. The molecule has 1 aliphatic carbocycles. The van der Waals surface area contributed by atoms with E-state index in [0.29, 0.717) is 23.8 Å². The minimum Gasteiger partial charge on any atom is -0.343 e. The molecule has 0 radical (unpaired) electrons. The average molecular weight is 238 g/mol. The summed E-state index contributed by atoms with van der Waals surface area (Å²) in [5.41, 5.74) is 6.08. The predicted molar refractivity (Wildman–Crippen MR) is 69.5 cm³/mol. The Morgan fingerprint density at radius 3 is 2.82 bits per heavy atom. The van der Waals surface area contributed by atoms with Crippen molar-refractivity contribution in [2.75, 3.05) is 13.1 Å². The first-order valence-corrected chi connectivity index (χ1v) is 7.20. The second-order valence-corrected chi connectivity index (χ2v) is 5.96. The molecule has 3 unspecified atom stereocenters. The van der Waals surface area contributed by atoms with Crippen molar-refractivity contribution < 1.29 is 4.79 Å². The van der Waals surface area contributed by atoms with Gasteiger partial charge in [-0.1, -0.05) is 13.3 Å². The standard InChI is InChI=1S/C14H26N2O/c1-11-5-6-14(17)16(9-7-11)10-8-12-3-2-4-13(12)15/h11-13H,2-10,15H2,1H3. The molecule has 98 valence electrons. The first-order chi connectivity index (χ1) is 8.16. The van der Waals surface area contributed by atoms with Crippen LogP contribution < -0.4 is 5.73 Å². The molecular weight excluding hydrogens is 212 g/mol. The van der Waals surface area contributed by atoms with E-state index in [1.54, 1.807) is 0 Å². The molecule has 3 heteroatoms. The maximum Gasteiger partial charge on any atom is 0.222 e. The SMILES string of the molecule is CC1CCC(=O)N(CCC2CCCC2N)CC1. The van der Waals surface area contributed by atoms with Crippen molar-refractivity contribution in [1.82, 2.24) is 4.90 Å². The molecule has 1 heterocycles. The average Bonchev–Trinajstić information content (AvgIpc) is 2.64. The van der Waals surface area contributed by atoms with Crippen molar-refractivity contribution in [3.8, 4) is 0 Å². The molecule has 3 nitrogen and oxygen atoms in total. The zero-order chi connectivity index (χ0) is 12.3. The summed E-state index contributed by atoms with van der Waals surface area (Å²) in [5, 5.41) is 0. The van der Waals surface area contributed by atoms with Crippen molar-refractivity contribution in [2.24, 2.45) is 17.6 Å². The highest BCUT2D eigenvalue weighted by Crippen LogP contribution is 2.27. The number of likely N-dealkylation sites (tertiary alicyclic amines) is 1. The van der Waals surface area contributed by atoms with E-state index in [0.717, 1.165) is 32.4 Å². The van der Waals surface area contributed by atoms with Crippen LogP contribution in [0.5, 0.6) is 0 Å². The van der Waals surface area contributed by atoms with Gasteiger partial charge in [-0.3, -0.25) is 4.79 Å². The van der Waals surface area contributed by atoms with Crippen LogP contribution in [0.3, 0.4) is 0 Å². The summed E-state index contributed by atoms with van der Waals surface area (Å²) < 4.78 is 0. The van der Waals surface area contributed by atoms with E-state index < -0.39 is 0 Å². The maximum atomic E-state index is 11.9. The Labute approximate surface area is 105 Å². The quantitative estimate of drug-likeness (QED) is 0.819. The molecule has 1 aliphatic heterocycles.